The van der Waals surface area contributed by atoms with Crippen LogP contribution in [-0.4, -0.2) is 35.0 Å². The average molecular weight is 257 g/mol. The van der Waals surface area contributed by atoms with Crippen LogP contribution in [-0.2, 0) is 9.59 Å². The summed E-state index contributed by atoms with van der Waals surface area (Å²) in [5.74, 6) is -1.06. The van der Waals surface area contributed by atoms with E-state index in [4.69, 9.17) is 0 Å². The number of rotatable bonds is 7. The van der Waals surface area contributed by atoms with E-state index in [2.05, 4.69) is 6.92 Å². The molecule has 0 aliphatic rings. The molecule has 0 saturated carbocycles. The molecule has 0 heterocycles. The highest BCUT2D eigenvalue weighted by Crippen LogP contribution is 2.32. The lowest BCUT2D eigenvalue weighted by Gasteiger charge is -2.32. The first-order chi connectivity index (χ1) is 8.16. The Hall–Kier alpha value is -1.06. The Morgan fingerprint density at radius 2 is 1.78 bits per heavy atom. The number of carbonyl (C=O) groups excluding carboxylic acids is 1. The lowest BCUT2D eigenvalue weighted by molar-refractivity contribution is -0.155. The van der Waals surface area contributed by atoms with E-state index < -0.39 is 11.4 Å². The Kier molecular flexibility index (Phi) is 6.36. The highest BCUT2D eigenvalue weighted by molar-refractivity contribution is 5.85. The maximum absolute atomic E-state index is 12.1. The van der Waals surface area contributed by atoms with Crippen molar-refractivity contribution in [3.63, 3.8) is 0 Å². The summed E-state index contributed by atoms with van der Waals surface area (Å²) in [5.41, 5.74) is -0.989. The Balaban J connectivity index is 4.77. The summed E-state index contributed by atoms with van der Waals surface area (Å²) in [7, 11) is 1.76. The summed E-state index contributed by atoms with van der Waals surface area (Å²) in [4.78, 5) is 25.2. The van der Waals surface area contributed by atoms with Crippen LogP contribution >= 0.6 is 0 Å². The van der Waals surface area contributed by atoms with Crippen molar-refractivity contribution in [2.45, 2.75) is 59.9 Å². The van der Waals surface area contributed by atoms with Gasteiger partial charge >= 0.3 is 5.97 Å². The van der Waals surface area contributed by atoms with Crippen LogP contribution in [0.5, 0.6) is 0 Å². The average Bonchev–Trinajstić information content (AvgIpc) is 2.27. The van der Waals surface area contributed by atoms with Gasteiger partial charge in [-0.3, -0.25) is 9.59 Å². The third-order valence-electron chi connectivity index (χ3n) is 4.04. The number of amides is 1. The molecule has 2 atom stereocenters. The molecule has 0 saturated heterocycles. The highest BCUT2D eigenvalue weighted by atomic mass is 16.4. The Labute approximate surface area is 110 Å². The highest BCUT2D eigenvalue weighted by Gasteiger charge is 2.39. The van der Waals surface area contributed by atoms with Crippen LogP contribution in [0.4, 0.5) is 0 Å². The second-order valence-corrected chi connectivity index (χ2v) is 5.70. The summed E-state index contributed by atoms with van der Waals surface area (Å²) >= 11 is 0. The Morgan fingerprint density at radius 1 is 1.28 bits per heavy atom. The van der Waals surface area contributed by atoms with Gasteiger partial charge < -0.3 is 10.0 Å². The SMILES string of the molecule is CCCC(C)N(C)C(=O)CC(C)(C(=O)O)C(C)C. The molecule has 0 fully saturated rings. The molecule has 0 aromatic heterocycles. The van der Waals surface area contributed by atoms with Crippen LogP contribution < -0.4 is 0 Å². The normalized spacial score (nSPS) is 16.2. The minimum absolute atomic E-state index is 0.0601. The monoisotopic (exact) mass is 257 g/mol. The van der Waals surface area contributed by atoms with E-state index in [1.54, 1.807) is 18.9 Å². The first kappa shape index (κ1) is 16.9. The zero-order valence-electron chi connectivity index (χ0n) is 12.5. The third kappa shape index (κ3) is 4.00. The summed E-state index contributed by atoms with van der Waals surface area (Å²) in [6, 6.07) is 0.160. The number of hydrogen-bond donors (Lipinski definition) is 1. The molecule has 0 spiro atoms. The van der Waals surface area contributed by atoms with Gasteiger partial charge in [0.05, 0.1) is 5.41 Å². The number of nitrogens with zero attached hydrogens (tertiary/aromatic N) is 1. The van der Waals surface area contributed by atoms with E-state index in [0.29, 0.717) is 0 Å². The third-order valence-corrected chi connectivity index (χ3v) is 4.04. The second kappa shape index (κ2) is 6.76. The first-order valence-corrected chi connectivity index (χ1v) is 6.65. The van der Waals surface area contributed by atoms with Gasteiger partial charge in [0.1, 0.15) is 0 Å². The number of hydrogen-bond acceptors (Lipinski definition) is 2. The van der Waals surface area contributed by atoms with Crippen molar-refractivity contribution in [2.24, 2.45) is 11.3 Å². The van der Waals surface area contributed by atoms with Crippen LogP contribution in [0.3, 0.4) is 0 Å². The predicted octanol–water partition coefficient (Wildman–Crippen LogP) is 2.77. The molecule has 18 heavy (non-hydrogen) atoms. The molecule has 106 valence electrons. The number of carbonyl (C=O) groups is 2. The molecule has 0 radical (unpaired) electrons. The van der Waals surface area contributed by atoms with Crippen LogP contribution in [0.1, 0.15) is 53.9 Å². The van der Waals surface area contributed by atoms with Crippen molar-refractivity contribution in [3.05, 3.63) is 0 Å². The quantitative estimate of drug-likeness (QED) is 0.763. The van der Waals surface area contributed by atoms with Crippen LogP contribution in [0, 0.1) is 11.3 Å². The molecule has 4 nitrogen and oxygen atoms in total. The molecule has 0 aliphatic heterocycles. The van der Waals surface area contributed by atoms with Gasteiger partial charge in [0, 0.05) is 19.5 Å². The van der Waals surface area contributed by atoms with E-state index in [9.17, 15) is 14.7 Å². The van der Waals surface area contributed by atoms with Crippen molar-refractivity contribution in [3.8, 4) is 0 Å². The molecule has 1 N–H and O–H groups in total. The summed E-state index contributed by atoms with van der Waals surface area (Å²) in [5, 5.41) is 9.30. The van der Waals surface area contributed by atoms with Crippen LogP contribution in [0.25, 0.3) is 0 Å². The first-order valence-electron chi connectivity index (χ1n) is 6.65. The zero-order valence-corrected chi connectivity index (χ0v) is 12.5. The molecule has 4 heteroatoms. The Bertz CT molecular complexity index is 301. The van der Waals surface area contributed by atoms with Crippen molar-refractivity contribution >= 4 is 11.9 Å². The van der Waals surface area contributed by atoms with Crippen LogP contribution in [0.2, 0.25) is 0 Å². The molecule has 0 rings (SSSR count). The van der Waals surface area contributed by atoms with Crippen molar-refractivity contribution in [2.75, 3.05) is 7.05 Å². The minimum Gasteiger partial charge on any atom is -0.481 e. The van der Waals surface area contributed by atoms with E-state index in [0.717, 1.165) is 12.8 Å². The minimum atomic E-state index is -0.989. The maximum Gasteiger partial charge on any atom is 0.310 e. The van der Waals surface area contributed by atoms with Crippen molar-refractivity contribution in [1.82, 2.24) is 4.90 Å². The van der Waals surface area contributed by atoms with Gasteiger partial charge in [0.25, 0.3) is 0 Å². The molecule has 1 amide bonds. The van der Waals surface area contributed by atoms with E-state index in [1.807, 2.05) is 20.8 Å². The fourth-order valence-corrected chi connectivity index (χ4v) is 1.82. The van der Waals surface area contributed by atoms with Crippen molar-refractivity contribution < 1.29 is 14.7 Å². The molecular formula is C14H27NO3. The molecule has 0 aromatic carbocycles. The standard InChI is InChI=1S/C14H27NO3/c1-7-8-11(4)15(6)12(16)9-14(5,10(2)3)13(17)18/h10-11H,7-9H2,1-6H3,(H,17,18). The number of carboxylic acids is 1. The van der Waals surface area contributed by atoms with Gasteiger partial charge in [0.15, 0.2) is 0 Å². The summed E-state index contributed by atoms with van der Waals surface area (Å²) in [6.07, 6.45) is 2.01. The molecule has 0 aliphatic carbocycles. The van der Waals surface area contributed by atoms with Gasteiger partial charge in [-0.2, -0.15) is 0 Å². The lowest BCUT2D eigenvalue weighted by atomic mass is 9.76. The van der Waals surface area contributed by atoms with E-state index >= 15 is 0 Å². The van der Waals surface area contributed by atoms with Gasteiger partial charge in [0.2, 0.25) is 5.91 Å². The predicted molar refractivity (Wildman–Crippen MR) is 72.3 cm³/mol. The Morgan fingerprint density at radius 3 is 2.11 bits per heavy atom. The van der Waals surface area contributed by atoms with E-state index in [1.165, 1.54) is 0 Å². The summed E-state index contributed by atoms with van der Waals surface area (Å²) < 4.78 is 0. The van der Waals surface area contributed by atoms with Crippen molar-refractivity contribution in [1.29, 1.82) is 0 Å². The zero-order chi connectivity index (χ0) is 14.5. The fraction of sp³-hybridized carbons (Fsp3) is 0.857. The molecule has 0 bridgehead atoms. The largest absolute Gasteiger partial charge is 0.481 e. The molecule has 0 aromatic rings. The van der Waals surface area contributed by atoms with Gasteiger partial charge in [-0.15, -0.1) is 0 Å². The number of carboxylic acid groups (broad SMARTS) is 1. The van der Waals surface area contributed by atoms with E-state index in [-0.39, 0.29) is 24.3 Å². The second-order valence-electron chi connectivity index (χ2n) is 5.70. The molecular weight excluding hydrogens is 230 g/mol. The topological polar surface area (TPSA) is 57.6 Å². The van der Waals surface area contributed by atoms with Gasteiger partial charge in [-0.05, 0) is 26.2 Å². The lowest BCUT2D eigenvalue weighted by Crippen LogP contribution is -2.42. The van der Waals surface area contributed by atoms with Gasteiger partial charge in [-0.1, -0.05) is 27.2 Å². The summed E-state index contributed by atoms with van der Waals surface area (Å²) in [6.45, 7) is 9.41. The fourth-order valence-electron chi connectivity index (χ4n) is 1.82. The van der Waals surface area contributed by atoms with Gasteiger partial charge in [-0.25, -0.2) is 0 Å². The molecule has 2 unspecified atom stereocenters. The maximum atomic E-state index is 12.1. The van der Waals surface area contributed by atoms with Crippen LogP contribution in [0.15, 0.2) is 0 Å². The smallest absolute Gasteiger partial charge is 0.310 e. The number of aliphatic carboxylic acids is 1.